The third-order valence-corrected chi connectivity index (χ3v) is 7.09. The smallest absolute Gasteiger partial charge is 0.257 e. The number of rotatable bonds is 6. The minimum absolute atomic E-state index is 0.0167. The molecule has 4 heterocycles. The van der Waals surface area contributed by atoms with E-state index in [1.54, 1.807) is 27.9 Å². The number of aromatic nitrogens is 2. The maximum absolute atomic E-state index is 13.3. The van der Waals surface area contributed by atoms with Crippen LogP contribution in [0.5, 0.6) is 5.75 Å². The molecular weight excluding hydrogens is 456 g/mol. The fraction of sp³-hybridized carbons (Fsp3) is 0.417. The van der Waals surface area contributed by atoms with E-state index in [1.807, 2.05) is 20.8 Å². The van der Waals surface area contributed by atoms with Gasteiger partial charge in [0.1, 0.15) is 17.1 Å². The molecule has 0 aliphatic carbocycles. The van der Waals surface area contributed by atoms with E-state index >= 15 is 0 Å². The summed E-state index contributed by atoms with van der Waals surface area (Å²) >= 11 is 1.53. The molecule has 1 aliphatic heterocycles. The first kappa shape index (κ1) is 23.7. The van der Waals surface area contributed by atoms with Crippen molar-refractivity contribution in [2.75, 3.05) is 20.2 Å². The van der Waals surface area contributed by atoms with Gasteiger partial charge in [0.2, 0.25) is 5.91 Å². The van der Waals surface area contributed by atoms with Crippen molar-refractivity contribution in [2.24, 2.45) is 0 Å². The third kappa shape index (κ3) is 4.77. The molecule has 0 fully saturated rings. The van der Waals surface area contributed by atoms with E-state index in [-0.39, 0.29) is 35.6 Å². The first-order valence-corrected chi connectivity index (χ1v) is 12.0. The van der Waals surface area contributed by atoms with E-state index in [1.165, 1.54) is 24.5 Å². The van der Waals surface area contributed by atoms with Gasteiger partial charge in [-0.15, -0.1) is 11.3 Å². The van der Waals surface area contributed by atoms with Gasteiger partial charge in [-0.3, -0.25) is 14.4 Å². The summed E-state index contributed by atoms with van der Waals surface area (Å²) in [5.41, 5.74) is 1.49. The van der Waals surface area contributed by atoms with E-state index in [4.69, 9.17) is 9.15 Å². The molecule has 4 rings (SSSR count). The van der Waals surface area contributed by atoms with E-state index in [9.17, 15) is 14.4 Å². The number of nitrogens with one attached hydrogen (secondary N) is 1. The molecule has 0 spiro atoms. The number of carbonyl (C=O) groups is 2. The molecular formula is C24H28N4O5S. The molecule has 3 aromatic rings. The van der Waals surface area contributed by atoms with Crippen LogP contribution in [0.25, 0.3) is 0 Å². The molecule has 1 aliphatic rings. The second kappa shape index (κ2) is 9.84. The van der Waals surface area contributed by atoms with Crippen molar-refractivity contribution in [2.45, 2.75) is 46.2 Å². The molecule has 10 heteroatoms. The summed E-state index contributed by atoms with van der Waals surface area (Å²) in [6.45, 7) is 6.74. The lowest BCUT2D eigenvalue weighted by molar-refractivity contribution is -0.130. The van der Waals surface area contributed by atoms with Crippen LogP contribution in [0.3, 0.4) is 0 Å². The van der Waals surface area contributed by atoms with Gasteiger partial charge in [-0.05, 0) is 32.9 Å². The lowest BCUT2D eigenvalue weighted by atomic mass is 10.1. The molecule has 0 radical (unpaired) electrons. The number of hydrogen-bond acceptors (Lipinski definition) is 7. The number of fused-ring (bicyclic) bond motifs is 1. The number of carbonyl (C=O) groups excluding carboxylic acids is 2. The number of amides is 2. The molecule has 0 unspecified atom stereocenters. The highest BCUT2D eigenvalue weighted by molar-refractivity contribution is 7.11. The monoisotopic (exact) mass is 484 g/mol. The van der Waals surface area contributed by atoms with Crippen LogP contribution in [0.1, 0.15) is 50.4 Å². The number of ether oxygens (including phenoxy) is 1. The standard InChI is InChI=1S/C24H28N4O5S/c1-14(18-6-5-11-33-18)26-24(31)23-17-7-8-27(9-10-28(17)22(30)12-19(23)32-4)21(29)13-20-15(2)25-16(3)34-20/h5-6,11-12,14H,7-10,13H2,1-4H3,(H,26,31)/t14-/m1/s1. The molecule has 0 saturated heterocycles. The average Bonchev–Trinajstić information content (AvgIpc) is 3.37. The number of pyridine rings is 1. The largest absolute Gasteiger partial charge is 0.496 e. The lowest BCUT2D eigenvalue weighted by Crippen LogP contribution is -2.35. The summed E-state index contributed by atoms with van der Waals surface area (Å²) in [7, 11) is 1.44. The summed E-state index contributed by atoms with van der Waals surface area (Å²) in [6, 6.07) is 4.51. The minimum atomic E-state index is -0.366. The number of thiazole rings is 1. The molecule has 3 aromatic heterocycles. The van der Waals surface area contributed by atoms with Gasteiger partial charge in [0, 0.05) is 42.7 Å². The predicted octanol–water partition coefficient (Wildman–Crippen LogP) is 2.64. The minimum Gasteiger partial charge on any atom is -0.496 e. The molecule has 0 saturated carbocycles. The first-order chi connectivity index (χ1) is 16.3. The van der Waals surface area contributed by atoms with Crippen LogP contribution in [0.2, 0.25) is 0 Å². The van der Waals surface area contributed by atoms with Crippen molar-refractivity contribution in [3.8, 4) is 5.75 Å². The van der Waals surface area contributed by atoms with E-state index in [0.717, 1.165) is 15.6 Å². The van der Waals surface area contributed by atoms with Crippen LogP contribution in [0, 0.1) is 13.8 Å². The number of nitrogens with zero attached hydrogens (tertiary/aromatic N) is 3. The Morgan fingerprint density at radius 1 is 1.29 bits per heavy atom. The second-order valence-electron chi connectivity index (χ2n) is 8.28. The summed E-state index contributed by atoms with van der Waals surface area (Å²) in [4.78, 5) is 46.3. The number of hydrogen-bond donors (Lipinski definition) is 1. The van der Waals surface area contributed by atoms with Gasteiger partial charge >= 0.3 is 0 Å². The van der Waals surface area contributed by atoms with Gasteiger partial charge in [-0.1, -0.05) is 0 Å². The Hall–Kier alpha value is -3.40. The van der Waals surface area contributed by atoms with Crippen LogP contribution >= 0.6 is 11.3 Å². The van der Waals surface area contributed by atoms with Gasteiger partial charge in [-0.25, -0.2) is 4.98 Å². The zero-order valence-corrected chi connectivity index (χ0v) is 20.5. The van der Waals surface area contributed by atoms with Crippen LogP contribution < -0.4 is 15.6 Å². The lowest BCUT2D eigenvalue weighted by Gasteiger charge is -2.19. The van der Waals surface area contributed by atoms with Crippen LogP contribution in [0.4, 0.5) is 0 Å². The zero-order chi connectivity index (χ0) is 24.4. The third-order valence-electron chi connectivity index (χ3n) is 6.02. The van der Waals surface area contributed by atoms with Gasteiger partial charge in [0.15, 0.2) is 0 Å². The normalized spacial score (nSPS) is 14.3. The molecule has 1 N–H and O–H groups in total. The predicted molar refractivity (Wildman–Crippen MR) is 127 cm³/mol. The number of furan rings is 1. The molecule has 0 aromatic carbocycles. The molecule has 180 valence electrons. The zero-order valence-electron chi connectivity index (χ0n) is 19.7. The van der Waals surface area contributed by atoms with Crippen molar-refractivity contribution < 1.29 is 18.7 Å². The van der Waals surface area contributed by atoms with Crippen molar-refractivity contribution in [3.63, 3.8) is 0 Å². The quantitative estimate of drug-likeness (QED) is 0.577. The number of methoxy groups -OCH3 is 1. The molecule has 0 bridgehead atoms. The maximum Gasteiger partial charge on any atom is 0.257 e. The fourth-order valence-electron chi connectivity index (χ4n) is 4.27. The van der Waals surface area contributed by atoms with Gasteiger partial charge in [0.05, 0.1) is 36.5 Å². The van der Waals surface area contributed by atoms with Crippen LogP contribution in [-0.4, -0.2) is 46.5 Å². The highest BCUT2D eigenvalue weighted by atomic mass is 32.1. The van der Waals surface area contributed by atoms with Gasteiger partial charge < -0.3 is 23.9 Å². The van der Waals surface area contributed by atoms with Crippen molar-refractivity contribution >= 4 is 23.2 Å². The second-order valence-corrected chi connectivity index (χ2v) is 9.57. The Kier molecular flexibility index (Phi) is 6.87. The van der Waals surface area contributed by atoms with E-state index < -0.39 is 0 Å². The Balaban J connectivity index is 1.58. The van der Waals surface area contributed by atoms with Crippen LogP contribution in [-0.2, 0) is 24.2 Å². The maximum atomic E-state index is 13.3. The molecule has 34 heavy (non-hydrogen) atoms. The Labute approximate surface area is 201 Å². The molecule has 2 amide bonds. The summed E-state index contributed by atoms with van der Waals surface area (Å²) in [5, 5.41) is 3.86. The van der Waals surface area contributed by atoms with E-state index in [2.05, 4.69) is 10.3 Å². The molecule has 9 nitrogen and oxygen atoms in total. The fourth-order valence-corrected chi connectivity index (χ4v) is 5.20. The Morgan fingerprint density at radius 2 is 2.09 bits per heavy atom. The van der Waals surface area contributed by atoms with Crippen molar-refractivity contribution in [1.29, 1.82) is 0 Å². The number of aryl methyl sites for hydroxylation is 2. The highest BCUT2D eigenvalue weighted by Crippen LogP contribution is 2.25. The Bertz CT molecular complexity index is 1260. The molecule has 1 atom stereocenters. The van der Waals surface area contributed by atoms with Crippen LogP contribution in [0.15, 0.2) is 33.7 Å². The Morgan fingerprint density at radius 3 is 2.74 bits per heavy atom. The van der Waals surface area contributed by atoms with Crippen molar-refractivity contribution in [3.05, 3.63) is 67.4 Å². The topological polar surface area (TPSA) is 107 Å². The average molecular weight is 485 g/mol. The highest BCUT2D eigenvalue weighted by Gasteiger charge is 2.28. The summed E-state index contributed by atoms with van der Waals surface area (Å²) in [5.74, 6) is 0.463. The van der Waals surface area contributed by atoms with E-state index in [0.29, 0.717) is 43.1 Å². The van der Waals surface area contributed by atoms with Gasteiger partial charge in [0.25, 0.3) is 11.5 Å². The van der Waals surface area contributed by atoms with Crippen molar-refractivity contribution in [1.82, 2.24) is 19.8 Å². The first-order valence-electron chi connectivity index (χ1n) is 11.1. The summed E-state index contributed by atoms with van der Waals surface area (Å²) < 4.78 is 12.4. The summed E-state index contributed by atoms with van der Waals surface area (Å²) in [6.07, 6.45) is 2.18. The van der Waals surface area contributed by atoms with Gasteiger partial charge in [-0.2, -0.15) is 0 Å². The SMILES string of the molecule is COc1cc(=O)n2c(c1C(=O)N[C@H](C)c1ccco1)CCN(C(=O)Cc1sc(C)nc1C)CC2.